The Kier molecular flexibility index (Phi) is 3.48. The van der Waals surface area contributed by atoms with Gasteiger partial charge in [-0.3, -0.25) is 4.40 Å². The Balaban J connectivity index is 2.11. The fourth-order valence-electron chi connectivity index (χ4n) is 2.74. The van der Waals surface area contributed by atoms with Crippen LogP contribution in [0.3, 0.4) is 0 Å². The van der Waals surface area contributed by atoms with E-state index in [4.69, 9.17) is 0 Å². The number of hydrogen-bond acceptors (Lipinski definition) is 4. The second kappa shape index (κ2) is 5.28. The van der Waals surface area contributed by atoms with E-state index in [2.05, 4.69) is 20.5 Å². The molecule has 0 spiro atoms. The molecule has 108 valence electrons. The molecule has 2 aromatic rings. The normalized spacial score (nSPS) is 15.8. The first-order chi connectivity index (χ1) is 9.74. The van der Waals surface area contributed by atoms with Gasteiger partial charge in [0, 0.05) is 45.5 Å². The standard InChI is InChI=1S/C14H20FN5/c1-3-12-14(16-2)20-9-10(8-11(15)13(20)18-12)19-6-4-17-5-7-19/h8-9,16-17H,3-7H2,1-2H3. The van der Waals surface area contributed by atoms with Crippen molar-refractivity contribution in [1.82, 2.24) is 14.7 Å². The van der Waals surface area contributed by atoms with Crippen LogP contribution in [0.2, 0.25) is 0 Å². The Hall–Kier alpha value is -1.82. The third-order valence-corrected chi connectivity index (χ3v) is 3.79. The molecule has 0 aromatic carbocycles. The number of aromatic nitrogens is 2. The van der Waals surface area contributed by atoms with Gasteiger partial charge in [-0.15, -0.1) is 0 Å². The maximum absolute atomic E-state index is 14.3. The number of nitrogens with one attached hydrogen (secondary N) is 2. The van der Waals surface area contributed by atoms with Crippen LogP contribution in [-0.2, 0) is 6.42 Å². The quantitative estimate of drug-likeness (QED) is 0.892. The Morgan fingerprint density at radius 1 is 1.40 bits per heavy atom. The SMILES string of the molecule is CCc1nc2c(F)cc(N3CCNCC3)cn2c1NC. The molecule has 0 atom stereocenters. The van der Waals surface area contributed by atoms with Crippen LogP contribution < -0.4 is 15.5 Å². The van der Waals surface area contributed by atoms with E-state index in [1.165, 1.54) is 0 Å². The number of nitrogens with zero attached hydrogens (tertiary/aromatic N) is 3. The lowest BCUT2D eigenvalue weighted by molar-refractivity contribution is 0.583. The zero-order chi connectivity index (χ0) is 14.1. The second-order valence-corrected chi connectivity index (χ2v) is 4.99. The largest absolute Gasteiger partial charge is 0.373 e. The first-order valence-electron chi connectivity index (χ1n) is 7.08. The van der Waals surface area contributed by atoms with Gasteiger partial charge in [-0.1, -0.05) is 6.92 Å². The Labute approximate surface area is 117 Å². The van der Waals surface area contributed by atoms with Gasteiger partial charge in [-0.05, 0) is 6.42 Å². The van der Waals surface area contributed by atoms with Crippen LogP contribution >= 0.6 is 0 Å². The summed E-state index contributed by atoms with van der Waals surface area (Å²) in [6.07, 6.45) is 2.75. The Morgan fingerprint density at radius 2 is 2.15 bits per heavy atom. The predicted octanol–water partition coefficient (Wildman–Crippen LogP) is 1.49. The molecule has 1 aliphatic rings. The summed E-state index contributed by atoms with van der Waals surface area (Å²) in [5.74, 6) is 0.607. The summed E-state index contributed by atoms with van der Waals surface area (Å²) >= 11 is 0. The zero-order valence-electron chi connectivity index (χ0n) is 11.9. The third kappa shape index (κ3) is 2.10. The molecule has 6 heteroatoms. The summed E-state index contributed by atoms with van der Waals surface area (Å²) < 4.78 is 16.1. The third-order valence-electron chi connectivity index (χ3n) is 3.79. The molecule has 0 radical (unpaired) electrons. The number of pyridine rings is 1. The zero-order valence-corrected chi connectivity index (χ0v) is 11.9. The summed E-state index contributed by atoms with van der Waals surface area (Å²) in [5, 5.41) is 6.43. The molecule has 20 heavy (non-hydrogen) atoms. The number of fused-ring (bicyclic) bond motifs is 1. The number of aryl methyl sites for hydroxylation is 1. The van der Waals surface area contributed by atoms with Crippen molar-refractivity contribution in [2.24, 2.45) is 0 Å². The van der Waals surface area contributed by atoms with E-state index < -0.39 is 0 Å². The van der Waals surface area contributed by atoms with Crippen LogP contribution in [0.25, 0.3) is 5.65 Å². The Bertz CT molecular complexity index is 616. The van der Waals surface area contributed by atoms with E-state index in [0.717, 1.165) is 49.8 Å². The van der Waals surface area contributed by atoms with Gasteiger partial charge in [-0.2, -0.15) is 0 Å². The maximum atomic E-state index is 14.3. The predicted molar refractivity (Wildman–Crippen MR) is 79.2 cm³/mol. The van der Waals surface area contributed by atoms with Crippen molar-refractivity contribution in [1.29, 1.82) is 0 Å². The highest BCUT2D eigenvalue weighted by Gasteiger charge is 2.17. The van der Waals surface area contributed by atoms with Crippen molar-refractivity contribution >= 4 is 17.2 Å². The first-order valence-corrected chi connectivity index (χ1v) is 7.08. The number of halogens is 1. The van der Waals surface area contributed by atoms with Gasteiger partial charge >= 0.3 is 0 Å². The van der Waals surface area contributed by atoms with E-state index in [-0.39, 0.29) is 5.82 Å². The molecule has 3 rings (SSSR count). The molecule has 0 saturated carbocycles. The smallest absolute Gasteiger partial charge is 0.175 e. The fraction of sp³-hybridized carbons (Fsp3) is 0.500. The highest BCUT2D eigenvalue weighted by molar-refractivity contribution is 5.61. The van der Waals surface area contributed by atoms with Crippen LogP contribution in [0.1, 0.15) is 12.6 Å². The minimum absolute atomic E-state index is 0.266. The van der Waals surface area contributed by atoms with Crippen LogP contribution in [0.15, 0.2) is 12.3 Å². The van der Waals surface area contributed by atoms with Crippen molar-refractivity contribution in [2.75, 3.05) is 43.4 Å². The fourth-order valence-corrected chi connectivity index (χ4v) is 2.74. The van der Waals surface area contributed by atoms with Crippen molar-refractivity contribution in [3.05, 3.63) is 23.8 Å². The molecule has 3 heterocycles. The molecular formula is C14H20FN5. The van der Waals surface area contributed by atoms with E-state index in [0.29, 0.717) is 5.65 Å². The van der Waals surface area contributed by atoms with Crippen molar-refractivity contribution < 1.29 is 4.39 Å². The van der Waals surface area contributed by atoms with Crippen molar-refractivity contribution in [3.63, 3.8) is 0 Å². The first kappa shape index (κ1) is 13.2. The van der Waals surface area contributed by atoms with Gasteiger partial charge in [-0.25, -0.2) is 9.37 Å². The molecule has 0 amide bonds. The van der Waals surface area contributed by atoms with Gasteiger partial charge in [0.05, 0.1) is 11.4 Å². The van der Waals surface area contributed by atoms with E-state index in [1.807, 2.05) is 24.6 Å². The van der Waals surface area contributed by atoms with E-state index in [9.17, 15) is 4.39 Å². The number of rotatable bonds is 3. The average molecular weight is 277 g/mol. The molecule has 1 aliphatic heterocycles. The topological polar surface area (TPSA) is 44.6 Å². The average Bonchev–Trinajstić information content (AvgIpc) is 2.86. The molecule has 0 unspecified atom stereocenters. The molecule has 2 aromatic heterocycles. The number of anilines is 2. The minimum atomic E-state index is -0.266. The van der Waals surface area contributed by atoms with Gasteiger partial charge < -0.3 is 15.5 Å². The highest BCUT2D eigenvalue weighted by Crippen LogP contribution is 2.25. The molecule has 0 bridgehead atoms. The van der Waals surface area contributed by atoms with Crippen LogP contribution in [0.4, 0.5) is 15.9 Å². The van der Waals surface area contributed by atoms with Gasteiger partial charge in [0.1, 0.15) is 5.82 Å². The van der Waals surface area contributed by atoms with Crippen LogP contribution in [-0.4, -0.2) is 42.6 Å². The maximum Gasteiger partial charge on any atom is 0.175 e. The molecule has 2 N–H and O–H groups in total. The summed E-state index contributed by atoms with van der Waals surface area (Å²) in [5.41, 5.74) is 2.20. The van der Waals surface area contributed by atoms with E-state index >= 15 is 0 Å². The highest BCUT2D eigenvalue weighted by atomic mass is 19.1. The lowest BCUT2D eigenvalue weighted by Gasteiger charge is -2.29. The van der Waals surface area contributed by atoms with Gasteiger partial charge in [0.25, 0.3) is 0 Å². The molecule has 0 aliphatic carbocycles. The molecule has 1 fully saturated rings. The number of hydrogen-bond donors (Lipinski definition) is 2. The van der Waals surface area contributed by atoms with Crippen molar-refractivity contribution in [2.45, 2.75) is 13.3 Å². The molecule has 1 saturated heterocycles. The minimum Gasteiger partial charge on any atom is -0.373 e. The van der Waals surface area contributed by atoms with E-state index in [1.54, 1.807) is 6.07 Å². The lowest BCUT2D eigenvalue weighted by Crippen LogP contribution is -2.43. The van der Waals surface area contributed by atoms with Gasteiger partial charge in [0.2, 0.25) is 0 Å². The summed E-state index contributed by atoms with van der Waals surface area (Å²) in [7, 11) is 1.85. The number of imidazole rings is 1. The monoisotopic (exact) mass is 277 g/mol. The summed E-state index contributed by atoms with van der Waals surface area (Å²) in [4.78, 5) is 6.58. The second-order valence-electron chi connectivity index (χ2n) is 4.99. The van der Waals surface area contributed by atoms with Gasteiger partial charge in [0.15, 0.2) is 11.5 Å². The molecular weight excluding hydrogens is 257 g/mol. The van der Waals surface area contributed by atoms with Crippen molar-refractivity contribution in [3.8, 4) is 0 Å². The molecule has 5 nitrogen and oxygen atoms in total. The number of piperazine rings is 1. The Morgan fingerprint density at radius 3 is 2.80 bits per heavy atom. The lowest BCUT2D eigenvalue weighted by atomic mass is 10.3. The van der Waals surface area contributed by atoms with Crippen LogP contribution in [0, 0.1) is 5.82 Å². The van der Waals surface area contributed by atoms with Crippen LogP contribution in [0.5, 0.6) is 0 Å². The summed E-state index contributed by atoms with van der Waals surface area (Å²) in [6.45, 7) is 5.69. The summed E-state index contributed by atoms with van der Waals surface area (Å²) in [6, 6.07) is 1.59.